The lowest BCUT2D eigenvalue weighted by molar-refractivity contribution is 0.669. The van der Waals surface area contributed by atoms with E-state index in [9.17, 15) is 0 Å². The summed E-state index contributed by atoms with van der Waals surface area (Å²) in [7, 11) is 0. The molecule has 10 heterocycles. The maximum absolute atomic E-state index is 7.00. The molecule has 0 fully saturated rings. The van der Waals surface area contributed by atoms with E-state index < -0.39 is 0 Å². The summed E-state index contributed by atoms with van der Waals surface area (Å²) in [5.41, 5.74) is 22.4. The molecule has 0 amide bonds. The molecule has 10 aromatic heterocycles. The Bertz CT molecular complexity index is 9350. The van der Waals surface area contributed by atoms with Crippen molar-refractivity contribution in [1.82, 2.24) is 47.8 Å². The summed E-state index contributed by atoms with van der Waals surface area (Å²) in [6, 6.07) is 132. The molecule has 0 spiro atoms. The molecule has 122 heavy (non-hydrogen) atoms. The number of para-hydroxylation sites is 4. The van der Waals surface area contributed by atoms with Gasteiger partial charge in [0.15, 0.2) is 34.9 Å². The number of nitrogens with zero attached hydrogens (tertiary/aromatic N) is 10. The van der Waals surface area contributed by atoms with Crippen molar-refractivity contribution in [3.8, 4) is 90.8 Å². The summed E-state index contributed by atoms with van der Waals surface area (Å²) < 4.78 is 19.4. The van der Waals surface area contributed by atoms with Crippen molar-refractivity contribution in [1.29, 1.82) is 0 Å². The minimum atomic E-state index is 0.536. The second-order valence-electron chi connectivity index (χ2n) is 32.4. The third-order valence-corrected chi connectivity index (χ3v) is 27.0. The molecule has 0 radical (unpaired) electrons. The van der Waals surface area contributed by atoms with Gasteiger partial charge in [0.05, 0.1) is 76.6 Å². The van der Waals surface area contributed by atoms with Crippen molar-refractivity contribution in [3.63, 3.8) is 0 Å². The minimum Gasteiger partial charge on any atom is -0.456 e. The fourth-order valence-electron chi connectivity index (χ4n) is 20.4. The molecule has 12 heteroatoms. The molecular formula is C110H60N10OS. The number of aromatic nitrogens is 10. The van der Waals surface area contributed by atoms with Crippen molar-refractivity contribution in [2.24, 2.45) is 0 Å². The van der Waals surface area contributed by atoms with Gasteiger partial charge < -0.3 is 22.4 Å². The van der Waals surface area contributed by atoms with Gasteiger partial charge in [-0.25, -0.2) is 29.9 Å². The number of rotatable bonds is 9. The average Bonchev–Trinajstić information content (AvgIpc) is 1.53. The molecule has 0 unspecified atom stereocenters. The Labute approximate surface area is 697 Å². The molecule has 0 atom stereocenters. The van der Waals surface area contributed by atoms with Crippen LogP contribution >= 0.6 is 11.3 Å². The first kappa shape index (κ1) is 65.8. The van der Waals surface area contributed by atoms with Crippen molar-refractivity contribution in [3.05, 3.63) is 364 Å². The van der Waals surface area contributed by atoms with Crippen LogP contribution in [0.15, 0.2) is 368 Å². The Morgan fingerprint density at radius 1 is 0.213 bits per heavy atom. The van der Waals surface area contributed by atoms with E-state index in [1.165, 1.54) is 96.1 Å². The van der Waals surface area contributed by atoms with Crippen molar-refractivity contribution < 1.29 is 4.42 Å². The third kappa shape index (κ3) is 9.32. The molecule has 0 saturated heterocycles. The van der Waals surface area contributed by atoms with Crippen LogP contribution in [0.1, 0.15) is 0 Å². The summed E-state index contributed by atoms with van der Waals surface area (Å²) in [6.45, 7) is 0. The van der Waals surface area contributed by atoms with Gasteiger partial charge in [-0.1, -0.05) is 267 Å². The number of hydrogen-bond acceptors (Lipinski definition) is 8. The van der Waals surface area contributed by atoms with Gasteiger partial charge in [0.1, 0.15) is 11.2 Å². The predicted octanol–water partition coefficient (Wildman–Crippen LogP) is 28.8. The molecule has 0 bridgehead atoms. The first-order valence-electron chi connectivity index (χ1n) is 41.3. The van der Waals surface area contributed by atoms with Crippen molar-refractivity contribution in [2.75, 3.05) is 0 Å². The highest BCUT2D eigenvalue weighted by molar-refractivity contribution is 7.26. The monoisotopic (exact) mass is 1570 g/mol. The Hall–Kier alpha value is -16.3. The molecule has 28 rings (SSSR count). The van der Waals surface area contributed by atoms with Crippen LogP contribution < -0.4 is 0 Å². The number of hydrogen-bond donors (Lipinski definition) is 0. The lowest BCUT2D eigenvalue weighted by atomic mass is 9.96. The topological polar surface area (TPSA) is 109 Å². The maximum atomic E-state index is 7.00. The Morgan fingerprint density at radius 2 is 0.623 bits per heavy atom. The minimum absolute atomic E-state index is 0.536. The first-order chi connectivity index (χ1) is 60.4. The molecule has 0 aliphatic carbocycles. The summed E-state index contributed by atoms with van der Waals surface area (Å²) >= 11 is 1.84. The van der Waals surface area contributed by atoms with Gasteiger partial charge >= 0.3 is 0 Å². The lowest BCUT2D eigenvalue weighted by Gasteiger charge is -2.14. The van der Waals surface area contributed by atoms with E-state index in [0.29, 0.717) is 34.9 Å². The molecular weight excluding hydrogens is 1510 g/mol. The smallest absolute Gasteiger partial charge is 0.164 e. The standard InChI is InChI=1S/C110H60N10OS/c1-4-23-62(24-5-1)105-111-106(63-25-6-2-7-26-63)115-110(114-105)71-54-95(101-79-36-16-20-41-97(79)121-98(101)56-71)117-89-52-68-31-12-10-30-67(68)50-81(89)84-58-86-94(60-91(84)117)120-88-40-19-15-34-74(88)78-48-47-72(100(86)103(78)120)61-43-45-65(46-44-61)108-112-107(64-27-8-3-9-28-64)113-109(116-108)70-51-85-75-35-17-21-42-99(75)122-104(85)96(55-70)118-90-53-69-32-13-11-29-66(69)49-80(90)83-57-82-77-38-22-37-76-73-33-14-18-39-87(73)119(102(76)77)93(82)59-92(83)118/h1-60H. The van der Waals surface area contributed by atoms with Gasteiger partial charge in [-0.05, 0) is 130 Å². The van der Waals surface area contributed by atoms with Crippen molar-refractivity contribution in [2.45, 2.75) is 0 Å². The van der Waals surface area contributed by atoms with Gasteiger partial charge in [0, 0.05) is 119 Å². The summed E-state index contributed by atoms with van der Waals surface area (Å²) in [5.74, 6) is 3.45. The molecule has 0 aliphatic rings. The molecule has 562 valence electrons. The zero-order valence-electron chi connectivity index (χ0n) is 64.9. The van der Waals surface area contributed by atoms with Gasteiger partial charge in [0.25, 0.3) is 0 Å². The largest absolute Gasteiger partial charge is 0.456 e. The van der Waals surface area contributed by atoms with E-state index in [-0.39, 0.29) is 0 Å². The summed E-state index contributed by atoms with van der Waals surface area (Å²) in [6.07, 6.45) is 0. The quantitative estimate of drug-likeness (QED) is 0.142. The molecule has 28 aromatic rings. The number of furan rings is 1. The normalized spacial score (nSPS) is 12.4. The van der Waals surface area contributed by atoms with Crippen molar-refractivity contribution >= 4 is 195 Å². The molecule has 0 N–H and O–H groups in total. The van der Waals surface area contributed by atoms with Crippen LogP contribution in [-0.2, 0) is 0 Å². The van der Waals surface area contributed by atoms with Crippen LogP contribution in [0, 0.1) is 0 Å². The highest BCUT2D eigenvalue weighted by Crippen LogP contribution is 2.52. The predicted molar refractivity (Wildman–Crippen MR) is 504 cm³/mol. The summed E-state index contributed by atoms with van der Waals surface area (Å²) in [5, 5.41) is 23.4. The Kier molecular flexibility index (Phi) is 13.3. The highest BCUT2D eigenvalue weighted by Gasteiger charge is 2.30. The van der Waals surface area contributed by atoms with E-state index in [2.05, 4.69) is 333 Å². The molecule has 0 aliphatic heterocycles. The second-order valence-corrected chi connectivity index (χ2v) is 33.4. The van der Waals surface area contributed by atoms with Crippen LogP contribution in [0.2, 0.25) is 0 Å². The maximum Gasteiger partial charge on any atom is 0.164 e. The van der Waals surface area contributed by atoms with E-state index in [1.807, 2.05) is 59.9 Å². The molecule has 0 saturated carbocycles. The second kappa shape index (κ2) is 24.7. The fraction of sp³-hybridized carbons (Fsp3) is 0. The third-order valence-electron chi connectivity index (χ3n) is 25.8. The van der Waals surface area contributed by atoms with Crippen LogP contribution in [0.25, 0.3) is 274 Å². The SMILES string of the molecule is c1ccc(-c2nc(-c3ccccc3)nc(-c3cc(-n4c5cc6ccccc6cc5c5cc6c7c(-c8ccc(-c9nc(-c%10ccccc%10)nc(-c%10cc(-n%11c%12cc%13ccccc%13cc%12c%12cc%13c%14cccc%15c%16ccccc%16n(c%13cc%12%11)c%15%14)c%11sc%12ccccc%12c%11c%10)n9)cc8)ccc8c9ccccc9n(c6cc54)c87)c4c(c3)oc3ccccc34)n2)cc1. The van der Waals surface area contributed by atoms with Crippen LogP contribution in [0.3, 0.4) is 0 Å². The zero-order valence-corrected chi connectivity index (χ0v) is 65.7. The first-order valence-corrected chi connectivity index (χ1v) is 42.1. The molecule has 18 aromatic carbocycles. The molecule has 11 nitrogen and oxygen atoms in total. The van der Waals surface area contributed by atoms with Gasteiger partial charge in [-0.15, -0.1) is 11.3 Å². The Morgan fingerprint density at radius 3 is 1.22 bits per heavy atom. The van der Waals surface area contributed by atoms with Crippen LogP contribution in [0.5, 0.6) is 0 Å². The Balaban J connectivity index is 0.644. The highest BCUT2D eigenvalue weighted by atomic mass is 32.1. The van der Waals surface area contributed by atoms with Crippen LogP contribution in [0.4, 0.5) is 0 Å². The number of benzene rings is 18. The van der Waals surface area contributed by atoms with E-state index >= 15 is 0 Å². The fourth-order valence-corrected chi connectivity index (χ4v) is 21.6. The van der Waals surface area contributed by atoms with Gasteiger partial charge in [-0.2, -0.15) is 0 Å². The average molecular weight is 1570 g/mol. The number of fused-ring (bicyclic) bond motifs is 26. The van der Waals surface area contributed by atoms with E-state index in [1.54, 1.807) is 0 Å². The van der Waals surface area contributed by atoms with Gasteiger partial charge in [0.2, 0.25) is 0 Å². The van der Waals surface area contributed by atoms with Gasteiger partial charge in [-0.3, -0.25) is 0 Å². The lowest BCUT2D eigenvalue weighted by Crippen LogP contribution is -2.01. The van der Waals surface area contributed by atoms with E-state index in [4.69, 9.17) is 34.3 Å². The van der Waals surface area contributed by atoms with E-state index in [0.717, 1.165) is 143 Å². The summed E-state index contributed by atoms with van der Waals surface area (Å²) in [4.78, 5) is 32.4. The van der Waals surface area contributed by atoms with Crippen LogP contribution in [-0.4, -0.2) is 47.8 Å². The number of thiophene rings is 1. The zero-order chi connectivity index (χ0) is 79.3.